The van der Waals surface area contributed by atoms with Crippen molar-refractivity contribution in [3.63, 3.8) is 0 Å². The van der Waals surface area contributed by atoms with E-state index in [2.05, 4.69) is 11.4 Å². The highest BCUT2D eigenvalue weighted by atomic mass is 35.5. The Hall–Kier alpha value is -2.76. The van der Waals surface area contributed by atoms with Crippen LogP contribution in [-0.2, 0) is 11.2 Å². The number of amides is 2. The Labute approximate surface area is 191 Å². The molecule has 0 aromatic heterocycles. The maximum absolute atomic E-state index is 12.9. The smallest absolute Gasteiger partial charge is 0.252 e. The Bertz CT molecular complexity index is 1120. The predicted octanol–water partition coefficient (Wildman–Crippen LogP) is 5.51. The fourth-order valence-electron chi connectivity index (χ4n) is 3.73. The van der Waals surface area contributed by atoms with Crippen LogP contribution in [0.3, 0.4) is 0 Å². The molecule has 0 bridgehead atoms. The summed E-state index contributed by atoms with van der Waals surface area (Å²) in [5.41, 5.74) is 3.70. The third-order valence-corrected chi connectivity index (χ3v) is 6.66. The zero-order valence-electron chi connectivity index (χ0n) is 17.2. The van der Waals surface area contributed by atoms with Gasteiger partial charge in [-0.2, -0.15) is 0 Å². The molecule has 3 aromatic carbocycles. The third kappa shape index (κ3) is 4.94. The van der Waals surface area contributed by atoms with Gasteiger partial charge in [-0.3, -0.25) is 9.59 Å². The minimum Gasteiger partial charge on any atom is -0.345 e. The van der Waals surface area contributed by atoms with Crippen LogP contribution in [0.2, 0.25) is 5.02 Å². The lowest BCUT2D eigenvalue weighted by atomic mass is 10.1. The molecular formula is C25H23ClN2O2S. The summed E-state index contributed by atoms with van der Waals surface area (Å²) in [5.74, 6) is 0.162. The summed E-state index contributed by atoms with van der Waals surface area (Å²) in [4.78, 5) is 28.4. The van der Waals surface area contributed by atoms with Gasteiger partial charge in [0.1, 0.15) is 0 Å². The van der Waals surface area contributed by atoms with Crippen molar-refractivity contribution in [2.45, 2.75) is 24.3 Å². The van der Waals surface area contributed by atoms with Crippen LogP contribution in [0.5, 0.6) is 0 Å². The number of anilines is 1. The highest BCUT2D eigenvalue weighted by Gasteiger charge is 2.24. The van der Waals surface area contributed by atoms with E-state index in [1.54, 1.807) is 12.1 Å². The average molecular weight is 451 g/mol. The molecular weight excluding hydrogens is 428 g/mol. The maximum atomic E-state index is 12.9. The quantitative estimate of drug-likeness (QED) is 0.503. The summed E-state index contributed by atoms with van der Waals surface area (Å²) in [6, 6.07) is 22.7. The number of carbonyl (C=O) groups excluding carboxylic acids is 2. The first-order valence-electron chi connectivity index (χ1n) is 10.2. The second-order valence-corrected chi connectivity index (χ2v) is 8.91. The molecule has 0 fully saturated rings. The van der Waals surface area contributed by atoms with Crippen molar-refractivity contribution < 1.29 is 9.59 Å². The number of nitrogens with zero attached hydrogens (tertiary/aromatic N) is 1. The number of benzene rings is 3. The zero-order valence-corrected chi connectivity index (χ0v) is 18.7. The van der Waals surface area contributed by atoms with Crippen LogP contribution in [0.4, 0.5) is 5.69 Å². The highest BCUT2D eigenvalue weighted by Crippen LogP contribution is 2.30. The number of hydrogen-bond acceptors (Lipinski definition) is 3. The lowest BCUT2D eigenvalue weighted by Gasteiger charge is -2.18. The van der Waals surface area contributed by atoms with E-state index < -0.39 is 0 Å². The molecule has 4 rings (SSSR count). The highest BCUT2D eigenvalue weighted by molar-refractivity contribution is 8.00. The third-order valence-electron chi connectivity index (χ3n) is 5.37. The molecule has 1 aliphatic heterocycles. The molecule has 1 N–H and O–H groups in total. The van der Waals surface area contributed by atoms with Crippen molar-refractivity contribution in [1.29, 1.82) is 0 Å². The molecule has 31 heavy (non-hydrogen) atoms. The number of para-hydroxylation sites is 1. The first-order valence-corrected chi connectivity index (χ1v) is 11.6. The first-order chi connectivity index (χ1) is 15.0. The number of carbonyl (C=O) groups is 2. The summed E-state index contributed by atoms with van der Waals surface area (Å²) in [7, 11) is 0. The monoisotopic (exact) mass is 450 g/mol. The van der Waals surface area contributed by atoms with Gasteiger partial charge in [-0.15, -0.1) is 11.8 Å². The van der Waals surface area contributed by atoms with Crippen LogP contribution in [0.15, 0.2) is 77.7 Å². The fraction of sp³-hybridized carbons (Fsp3) is 0.200. The molecule has 1 heterocycles. The van der Waals surface area contributed by atoms with Crippen molar-refractivity contribution in [3.8, 4) is 0 Å². The number of rotatable bonds is 6. The SMILES string of the molecule is CC(NC(=O)c1ccccc1SCC(=O)N1CCc2ccccc21)c1cccc(Cl)c1. The molecule has 1 aliphatic rings. The summed E-state index contributed by atoms with van der Waals surface area (Å²) < 4.78 is 0. The van der Waals surface area contributed by atoms with E-state index in [1.165, 1.54) is 17.3 Å². The molecule has 1 unspecified atom stereocenters. The number of halogens is 1. The molecule has 3 aromatic rings. The van der Waals surface area contributed by atoms with E-state index in [0.717, 1.165) is 22.6 Å². The minimum atomic E-state index is -0.188. The first kappa shape index (κ1) is 21.5. The Morgan fingerprint density at radius 3 is 2.68 bits per heavy atom. The van der Waals surface area contributed by atoms with Crippen LogP contribution in [-0.4, -0.2) is 24.1 Å². The van der Waals surface area contributed by atoms with Crippen LogP contribution < -0.4 is 10.2 Å². The lowest BCUT2D eigenvalue weighted by Crippen LogP contribution is -2.30. The van der Waals surface area contributed by atoms with E-state index in [-0.39, 0.29) is 23.6 Å². The Morgan fingerprint density at radius 2 is 1.84 bits per heavy atom. The van der Waals surface area contributed by atoms with Gasteiger partial charge in [-0.05, 0) is 54.8 Å². The standard InChI is InChI=1S/C25H23ClN2O2S/c1-17(19-8-6-9-20(26)15-19)27-25(30)21-10-3-5-12-23(21)31-16-24(29)28-14-13-18-7-2-4-11-22(18)28/h2-12,15,17H,13-14,16H2,1H3,(H,27,30). The Kier molecular flexibility index (Phi) is 6.64. The molecule has 4 nitrogen and oxygen atoms in total. The van der Waals surface area contributed by atoms with Crippen LogP contribution in [0.1, 0.15) is 34.5 Å². The van der Waals surface area contributed by atoms with Gasteiger partial charge in [-0.25, -0.2) is 0 Å². The van der Waals surface area contributed by atoms with Gasteiger partial charge in [0.25, 0.3) is 5.91 Å². The van der Waals surface area contributed by atoms with Gasteiger partial charge in [0, 0.05) is 22.2 Å². The molecule has 1 atom stereocenters. The second-order valence-electron chi connectivity index (χ2n) is 7.46. The fourth-order valence-corrected chi connectivity index (χ4v) is 4.85. The number of fused-ring (bicyclic) bond motifs is 1. The van der Waals surface area contributed by atoms with Gasteiger partial charge in [0.15, 0.2) is 0 Å². The summed E-state index contributed by atoms with van der Waals surface area (Å²) in [6.07, 6.45) is 0.882. The van der Waals surface area contributed by atoms with Crippen LogP contribution >= 0.6 is 23.4 Å². The molecule has 0 saturated heterocycles. The van der Waals surface area contributed by atoms with Gasteiger partial charge in [0.2, 0.25) is 5.91 Å². The number of nitrogens with one attached hydrogen (secondary N) is 1. The largest absolute Gasteiger partial charge is 0.345 e. The predicted molar refractivity (Wildman–Crippen MR) is 127 cm³/mol. The molecule has 0 spiro atoms. The Balaban J connectivity index is 1.43. The van der Waals surface area contributed by atoms with Crippen molar-refractivity contribution in [2.24, 2.45) is 0 Å². The van der Waals surface area contributed by atoms with Gasteiger partial charge in [0.05, 0.1) is 17.4 Å². The molecule has 2 amide bonds. The zero-order chi connectivity index (χ0) is 21.8. The van der Waals surface area contributed by atoms with Gasteiger partial charge >= 0.3 is 0 Å². The van der Waals surface area contributed by atoms with Gasteiger partial charge in [-0.1, -0.05) is 54.1 Å². The van der Waals surface area contributed by atoms with Crippen molar-refractivity contribution >= 4 is 40.9 Å². The Morgan fingerprint density at radius 1 is 1.06 bits per heavy atom. The van der Waals surface area contributed by atoms with Crippen LogP contribution in [0.25, 0.3) is 0 Å². The average Bonchev–Trinajstić information content (AvgIpc) is 3.22. The van der Waals surface area contributed by atoms with E-state index in [4.69, 9.17) is 11.6 Å². The summed E-state index contributed by atoms with van der Waals surface area (Å²) in [5, 5.41) is 3.67. The maximum Gasteiger partial charge on any atom is 0.252 e. The van der Waals surface area contributed by atoms with E-state index in [0.29, 0.717) is 17.1 Å². The van der Waals surface area contributed by atoms with Crippen molar-refractivity contribution in [3.05, 3.63) is 94.5 Å². The van der Waals surface area contributed by atoms with Crippen molar-refractivity contribution in [1.82, 2.24) is 5.32 Å². The summed E-state index contributed by atoms with van der Waals surface area (Å²) in [6.45, 7) is 2.63. The number of thioether (sulfide) groups is 1. The van der Waals surface area contributed by atoms with Gasteiger partial charge < -0.3 is 10.2 Å². The molecule has 0 radical (unpaired) electrons. The van der Waals surface area contributed by atoms with Crippen molar-refractivity contribution in [2.75, 3.05) is 17.2 Å². The molecule has 158 valence electrons. The molecule has 0 saturated carbocycles. The summed E-state index contributed by atoms with van der Waals surface area (Å²) >= 11 is 7.47. The molecule has 0 aliphatic carbocycles. The van der Waals surface area contributed by atoms with E-state index in [9.17, 15) is 9.59 Å². The number of hydrogen-bond donors (Lipinski definition) is 1. The molecule has 6 heteroatoms. The second kappa shape index (κ2) is 9.58. The normalized spacial score (nSPS) is 13.5. The van der Waals surface area contributed by atoms with E-state index in [1.807, 2.05) is 66.4 Å². The minimum absolute atomic E-state index is 0.0532. The van der Waals surface area contributed by atoms with Crippen LogP contribution in [0, 0.1) is 0 Å². The topological polar surface area (TPSA) is 49.4 Å². The lowest BCUT2D eigenvalue weighted by molar-refractivity contribution is -0.116. The van der Waals surface area contributed by atoms with E-state index >= 15 is 0 Å².